The Hall–Kier alpha value is -2.69. The number of allylic oxidation sites excluding steroid dienone is 1. The van der Waals surface area contributed by atoms with E-state index in [1.807, 2.05) is 37.3 Å². The zero-order valence-electron chi connectivity index (χ0n) is 14.6. The second-order valence-electron chi connectivity index (χ2n) is 6.34. The highest BCUT2D eigenvalue weighted by molar-refractivity contribution is 5.89. The van der Waals surface area contributed by atoms with Crippen LogP contribution < -0.4 is 10.6 Å². The summed E-state index contributed by atoms with van der Waals surface area (Å²) >= 11 is 0. The largest absolute Gasteiger partial charge is 0.338 e. The number of aryl methyl sites for hydroxylation is 1. The second kappa shape index (κ2) is 8.42. The van der Waals surface area contributed by atoms with Gasteiger partial charge in [-0.05, 0) is 69.4 Å². The quantitative estimate of drug-likeness (QED) is 0.792. The molecule has 5 heteroatoms. The van der Waals surface area contributed by atoms with Gasteiger partial charge >= 0.3 is 6.03 Å². The molecule has 0 unspecified atom stereocenters. The van der Waals surface area contributed by atoms with Crippen molar-refractivity contribution in [2.24, 2.45) is 0 Å². The fourth-order valence-electron chi connectivity index (χ4n) is 2.93. The Morgan fingerprint density at radius 1 is 1.16 bits per heavy atom. The Kier molecular flexibility index (Phi) is 5.77. The van der Waals surface area contributed by atoms with E-state index in [0.717, 1.165) is 23.4 Å². The smallest absolute Gasteiger partial charge is 0.319 e. The molecule has 0 fully saturated rings. The molecule has 3 rings (SSSR count). The fraction of sp³-hybridized carbons (Fsp3) is 0.350. The van der Waals surface area contributed by atoms with Crippen LogP contribution in [0.4, 0.5) is 10.5 Å². The van der Waals surface area contributed by atoms with Gasteiger partial charge in [-0.25, -0.2) is 14.8 Å². The Labute approximate surface area is 148 Å². The molecule has 1 aromatic carbocycles. The molecule has 1 aliphatic carbocycles. The summed E-state index contributed by atoms with van der Waals surface area (Å²) in [5.41, 5.74) is 4.08. The van der Waals surface area contributed by atoms with Crippen molar-refractivity contribution in [3.8, 4) is 11.4 Å². The van der Waals surface area contributed by atoms with Gasteiger partial charge in [0.25, 0.3) is 0 Å². The number of benzene rings is 1. The SMILES string of the molecule is Cc1ccnc(-c2ccc(NC(=O)NCCC3=CCCCC3)cc2)n1. The summed E-state index contributed by atoms with van der Waals surface area (Å²) in [6.07, 6.45) is 9.92. The van der Waals surface area contributed by atoms with Crippen LogP contribution in [0.3, 0.4) is 0 Å². The van der Waals surface area contributed by atoms with Gasteiger partial charge in [0.05, 0.1) is 0 Å². The lowest BCUT2D eigenvalue weighted by molar-refractivity contribution is 0.252. The molecular weight excluding hydrogens is 312 g/mol. The van der Waals surface area contributed by atoms with Gasteiger partial charge in [0, 0.05) is 29.7 Å². The van der Waals surface area contributed by atoms with Crippen LogP contribution in [0.1, 0.15) is 37.8 Å². The van der Waals surface area contributed by atoms with Crippen molar-refractivity contribution in [3.63, 3.8) is 0 Å². The van der Waals surface area contributed by atoms with Gasteiger partial charge in [0.15, 0.2) is 5.82 Å². The molecule has 0 spiro atoms. The molecule has 0 saturated carbocycles. The summed E-state index contributed by atoms with van der Waals surface area (Å²) < 4.78 is 0. The van der Waals surface area contributed by atoms with Crippen molar-refractivity contribution in [1.82, 2.24) is 15.3 Å². The van der Waals surface area contributed by atoms with Gasteiger partial charge < -0.3 is 10.6 Å². The van der Waals surface area contributed by atoms with Crippen molar-refractivity contribution in [3.05, 3.63) is 53.9 Å². The Bertz CT molecular complexity index is 753. The molecule has 1 heterocycles. The van der Waals surface area contributed by atoms with Crippen LogP contribution in [0.5, 0.6) is 0 Å². The third-order valence-corrected chi connectivity index (χ3v) is 4.31. The highest BCUT2D eigenvalue weighted by atomic mass is 16.2. The van der Waals surface area contributed by atoms with E-state index in [2.05, 4.69) is 26.7 Å². The van der Waals surface area contributed by atoms with E-state index in [9.17, 15) is 4.79 Å². The zero-order chi connectivity index (χ0) is 17.5. The van der Waals surface area contributed by atoms with Crippen molar-refractivity contribution in [1.29, 1.82) is 0 Å². The summed E-state index contributed by atoms with van der Waals surface area (Å²) in [6.45, 7) is 2.61. The van der Waals surface area contributed by atoms with Crippen LogP contribution in [0.2, 0.25) is 0 Å². The van der Waals surface area contributed by atoms with Crippen LogP contribution in [0.15, 0.2) is 48.2 Å². The van der Waals surface area contributed by atoms with Crippen LogP contribution in [0.25, 0.3) is 11.4 Å². The number of amides is 2. The van der Waals surface area contributed by atoms with E-state index in [4.69, 9.17) is 0 Å². The molecule has 1 aromatic heterocycles. The Balaban J connectivity index is 1.49. The van der Waals surface area contributed by atoms with E-state index in [0.29, 0.717) is 12.4 Å². The predicted molar refractivity (Wildman–Crippen MR) is 100 cm³/mol. The number of carbonyl (C=O) groups is 1. The van der Waals surface area contributed by atoms with E-state index in [-0.39, 0.29) is 6.03 Å². The zero-order valence-corrected chi connectivity index (χ0v) is 14.6. The van der Waals surface area contributed by atoms with Crippen LogP contribution in [0, 0.1) is 6.92 Å². The molecular formula is C20H24N4O. The molecule has 2 amide bonds. The molecule has 1 aliphatic rings. The maximum atomic E-state index is 12.0. The molecule has 2 N–H and O–H groups in total. The Morgan fingerprint density at radius 2 is 2.00 bits per heavy atom. The van der Waals surface area contributed by atoms with Gasteiger partial charge in [0.1, 0.15) is 0 Å². The predicted octanol–water partition coefficient (Wildman–Crippen LogP) is 4.46. The number of anilines is 1. The lowest BCUT2D eigenvalue weighted by Crippen LogP contribution is -2.29. The van der Waals surface area contributed by atoms with Crippen molar-refractivity contribution in [2.45, 2.75) is 39.0 Å². The lowest BCUT2D eigenvalue weighted by atomic mass is 9.97. The third kappa shape index (κ3) is 5.14. The number of hydrogen-bond donors (Lipinski definition) is 2. The van der Waals surface area contributed by atoms with Gasteiger partial charge in [-0.15, -0.1) is 0 Å². The number of nitrogens with zero attached hydrogens (tertiary/aromatic N) is 2. The van der Waals surface area contributed by atoms with Crippen LogP contribution in [-0.4, -0.2) is 22.5 Å². The number of rotatable bonds is 5. The van der Waals surface area contributed by atoms with Gasteiger partial charge in [-0.1, -0.05) is 11.6 Å². The standard InChI is InChI=1S/C20H24N4O/c1-15-11-13-21-19(23-15)17-7-9-18(10-8-17)24-20(25)22-14-12-16-5-3-2-4-6-16/h5,7-11,13H,2-4,6,12,14H2,1H3,(H2,22,24,25). The minimum atomic E-state index is -0.170. The Morgan fingerprint density at radius 3 is 2.72 bits per heavy atom. The normalized spacial score (nSPS) is 13.9. The summed E-state index contributed by atoms with van der Waals surface area (Å²) in [5, 5.41) is 5.78. The third-order valence-electron chi connectivity index (χ3n) is 4.31. The molecule has 0 radical (unpaired) electrons. The second-order valence-corrected chi connectivity index (χ2v) is 6.34. The summed E-state index contributed by atoms with van der Waals surface area (Å²) in [6, 6.07) is 9.26. The van der Waals surface area contributed by atoms with E-state index < -0.39 is 0 Å². The van der Waals surface area contributed by atoms with Crippen molar-refractivity contribution >= 4 is 11.7 Å². The van der Waals surface area contributed by atoms with Gasteiger partial charge in [-0.3, -0.25) is 0 Å². The number of nitrogens with one attached hydrogen (secondary N) is 2. The number of carbonyl (C=O) groups excluding carboxylic acids is 1. The topological polar surface area (TPSA) is 66.9 Å². The highest BCUT2D eigenvalue weighted by Crippen LogP contribution is 2.20. The first-order valence-electron chi connectivity index (χ1n) is 8.83. The van der Waals surface area contributed by atoms with Crippen LogP contribution >= 0.6 is 0 Å². The fourth-order valence-corrected chi connectivity index (χ4v) is 2.93. The first kappa shape index (κ1) is 17.1. The lowest BCUT2D eigenvalue weighted by Gasteiger charge is -2.13. The minimum Gasteiger partial charge on any atom is -0.338 e. The minimum absolute atomic E-state index is 0.170. The first-order valence-corrected chi connectivity index (χ1v) is 8.83. The monoisotopic (exact) mass is 336 g/mol. The number of urea groups is 1. The molecule has 0 aliphatic heterocycles. The first-order chi connectivity index (χ1) is 12.2. The average Bonchev–Trinajstić information content (AvgIpc) is 2.63. The molecule has 25 heavy (non-hydrogen) atoms. The van der Waals surface area contributed by atoms with Crippen LogP contribution in [-0.2, 0) is 0 Å². The summed E-state index contributed by atoms with van der Waals surface area (Å²) in [4.78, 5) is 20.7. The molecule has 0 saturated heterocycles. The maximum absolute atomic E-state index is 12.0. The maximum Gasteiger partial charge on any atom is 0.319 e. The van der Waals surface area contributed by atoms with Crippen molar-refractivity contribution in [2.75, 3.05) is 11.9 Å². The van der Waals surface area contributed by atoms with Gasteiger partial charge in [0.2, 0.25) is 0 Å². The molecule has 5 nitrogen and oxygen atoms in total. The van der Waals surface area contributed by atoms with E-state index >= 15 is 0 Å². The number of aromatic nitrogens is 2. The molecule has 0 atom stereocenters. The molecule has 0 bridgehead atoms. The van der Waals surface area contributed by atoms with Crippen molar-refractivity contribution < 1.29 is 4.79 Å². The summed E-state index contributed by atoms with van der Waals surface area (Å²) in [7, 11) is 0. The number of hydrogen-bond acceptors (Lipinski definition) is 3. The van der Waals surface area contributed by atoms with E-state index in [1.165, 1.54) is 31.3 Å². The van der Waals surface area contributed by atoms with Gasteiger partial charge in [-0.2, -0.15) is 0 Å². The highest BCUT2D eigenvalue weighted by Gasteiger charge is 2.06. The molecule has 130 valence electrons. The van der Waals surface area contributed by atoms with E-state index in [1.54, 1.807) is 6.20 Å². The summed E-state index contributed by atoms with van der Waals surface area (Å²) in [5.74, 6) is 0.691. The molecule has 2 aromatic rings. The average molecular weight is 336 g/mol.